The Hall–Kier alpha value is -1.07. The normalized spacial score (nSPS) is 23.7. The molecule has 1 aliphatic heterocycles. The van der Waals surface area contributed by atoms with Crippen molar-refractivity contribution in [2.75, 3.05) is 19.8 Å². The lowest BCUT2D eigenvalue weighted by Gasteiger charge is -2.43. The summed E-state index contributed by atoms with van der Waals surface area (Å²) in [6, 6.07) is 0.250. The molecule has 0 spiro atoms. The Morgan fingerprint density at radius 3 is 2.95 bits per heavy atom. The summed E-state index contributed by atoms with van der Waals surface area (Å²) in [4.78, 5) is 14.6. The third kappa shape index (κ3) is 2.69. The van der Waals surface area contributed by atoms with Gasteiger partial charge in [-0.2, -0.15) is 5.10 Å². The number of hydrogen-bond donors (Lipinski definition) is 0. The highest BCUT2D eigenvalue weighted by molar-refractivity contribution is 6.30. The zero-order valence-electron chi connectivity index (χ0n) is 11.7. The molecule has 0 radical (unpaired) electrons. The van der Waals surface area contributed by atoms with Crippen LogP contribution in [0, 0.1) is 5.92 Å². The number of aromatic nitrogens is 2. The van der Waals surface area contributed by atoms with Gasteiger partial charge in [0.05, 0.1) is 25.7 Å². The molecule has 1 amide bonds. The van der Waals surface area contributed by atoms with E-state index in [1.165, 1.54) is 19.3 Å². The number of morpholine rings is 1. The van der Waals surface area contributed by atoms with Gasteiger partial charge in [0, 0.05) is 25.4 Å². The summed E-state index contributed by atoms with van der Waals surface area (Å²) in [5.41, 5.74) is 0.804. The predicted octanol–water partition coefficient (Wildman–Crippen LogP) is 1.64. The first-order chi connectivity index (χ1) is 9.65. The van der Waals surface area contributed by atoms with Crippen LogP contribution in [0.5, 0.6) is 0 Å². The maximum atomic E-state index is 12.6. The van der Waals surface area contributed by atoms with Crippen LogP contribution in [0.25, 0.3) is 0 Å². The van der Waals surface area contributed by atoms with Gasteiger partial charge in [0.1, 0.15) is 0 Å². The SMILES string of the molecule is Cn1cc(CC(=O)N2CCOCC2C2CCC2)c(Cl)n1. The summed E-state index contributed by atoms with van der Waals surface area (Å²) < 4.78 is 7.21. The minimum atomic E-state index is 0.139. The topological polar surface area (TPSA) is 47.4 Å². The van der Waals surface area contributed by atoms with E-state index in [0.717, 1.165) is 5.56 Å². The lowest BCUT2D eigenvalue weighted by atomic mass is 9.79. The molecule has 3 rings (SSSR count). The van der Waals surface area contributed by atoms with Crippen molar-refractivity contribution >= 4 is 17.5 Å². The van der Waals surface area contributed by atoms with Crippen molar-refractivity contribution < 1.29 is 9.53 Å². The van der Waals surface area contributed by atoms with E-state index in [0.29, 0.717) is 37.3 Å². The molecule has 1 saturated carbocycles. The smallest absolute Gasteiger partial charge is 0.227 e. The summed E-state index contributed by atoms with van der Waals surface area (Å²) in [5.74, 6) is 0.753. The van der Waals surface area contributed by atoms with Gasteiger partial charge >= 0.3 is 0 Å². The van der Waals surface area contributed by atoms with Gasteiger partial charge in [-0.05, 0) is 18.8 Å². The summed E-state index contributed by atoms with van der Waals surface area (Å²) in [6.45, 7) is 2.00. The summed E-state index contributed by atoms with van der Waals surface area (Å²) >= 11 is 6.04. The maximum Gasteiger partial charge on any atom is 0.227 e. The van der Waals surface area contributed by atoms with Crippen LogP contribution in [0.15, 0.2) is 6.20 Å². The molecule has 1 saturated heterocycles. The standard InChI is InChI=1S/C14H20ClN3O2/c1-17-8-11(14(15)16-17)7-13(19)18-5-6-20-9-12(18)10-3-2-4-10/h8,10,12H,2-7,9H2,1H3. The van der Waals surface area contributed by atoms with Crippen molar-refractivity contribution in [3.63, 3.8) is 0 Å². The van der Waals surface area contributed by atoms with Crippen LogP contribution < -0.4 is 0 Å². The number of ether oxygens (including phenoxy) is 1. The van der Waals surface area contributed by atoms with E-state index in [-0.39, 0.29) is 11.9 Å². The van der Waals surface area contributed by atoms with E-state index in [9.17, 15) is 4.79 Å². The van der Waals surface area contributed by atoms with Crippen LogP contribution in [0.2, 0.25) is 5.15 Å². The highest BCUT2D eigenvalue weighted by atomic mass is 35.5. The first kappa shape index (κ1) is 13.9. The Labute approximate surface area is 123 Å². The fraction of sp³-hybridized carbons (Fsp3) is 0.714. The van der Waals surface area contributed by atoms with Crippen LogP contribution in [-0.2, 0) is 23.0 Å². The van der Waals surface area contributed by atoms with Crippen molar-refractivity contribution in [3.05, 3.63) is 16.9 Å². The number of carbonyl (C=O) groups is 1. The zero-order chi connectivity index (χ0) is 14.1. The first-order valence-electron chi connectivity index (χ1n) is 7.20. The molecular formula is C14H20ClN3O2. The molecule has 2 heterocycles. The highest BCUT2D eigenvalue weighted by Crippen LogP contribution is 2.33. The van der Waals surface area contributed by atoms with Gasteiger partial charge in [-0.15, -0.1) is 0 Å². The number of aryl methyl sites for hydroxylation is 1. The molecule has 2 aliphatic rings. The maximum absolute atomic E-state index is 12.6. The molecular weight excluding hydrogens is 278 g/mol. The minimum Gasteiger partial charge on any atom is -0.377 e. The first-order valence-corrected chi connectivity index (χ1v) is 7.58. The van der Waals surface area contributed by atoms with Crippen molar-refractivity contribution in [2.24, 2.45) is 13.0 Å². The molecule has 0 N–H and O–H groups in total. The third-order valence-electron chi connectivity index (χ3n) is 4.37. The number of amides is 1. The molecule has 110 valence electrons. The fourth-order valence-electron chi connectivity index (χ4n) is 3.04. The van der Waals surface area contributed by atoms with E-state index < -0.39 is 0 Å². The molecule has 20 heavy (non-hydrogen) atoms. The number of nitrogens with zero attached hydrogens (tertiary/aromatic N) is 3. The molecule has 5 nitrogen and oxygen atoms in total. The van der Waals surface area contributed by atoms with Gasteiger partial charge < -0.3 is 9.64 Å². The Balaban J connectivity index is 1.69. The lowest BCUT2D eigenvalue weighted by molar-refractivity contribution is -0.143. The lowest BCUT2D eigenvalue weighted by Crippen LogP contribution is -2.54. The second-order valence-electron chi connectivity index (χ2n) is 5.72. The van der Waals surface area contributed by atoms with Gasteiger partial charge in [0.25, 0.3) is 0 Å². The average molecular weight is 298 g/mol. The van der Waals surface area contributed by atoms with Crippen LogP contribution >= 0.6 is 11.6 Å². The number of rotatable bonds is 3. The molecule has 0 bridgehead atoms. The van der Waals surface area contributed by atoms with E-state index in [4.69, 9.17) is 16.3 Å². The van der Waals surface area contributed by atoms with E-state index in [1.54, 1.807) is 4.68 Å². The summed E-state index contributed by atoms with van der Waals surface area (Å²) in [7, 11) is 1.81. The van der Waals surface area contributed by atoms with Crippen molar-refractivity contribution in [2.45, 2.75) is 31.7 Å². The molecule has 1 atom stereocenters. The molecule has 1 aromatic heterocycles. The summed E-state index contributed by atoms with van der Waals surface area (Å²) in [6.07, 6.45) is 5.85. The second-order valence-corrected chi connectivity index (χ2v) is 6.07. The molecule has 1 unspecified atom stereocenters. The van der Waals surface area contributed by atoms with Crippen molar-refractivity contribution in [1.29, 1.82) is 0 Å². The molecule has 1 aromatic rings. The van der Waals surface area contributed by atoms with Crippen molar-refractivity contribution in [3.8, 4) is 0 Å². The predicted molar refractivity (Wildman–Crippen MR) is 75.6 cm³/mol. The molecule has 2 fully saturated rings. The van der Waals surface area contributed by atoms with Gasteiger partial charge in [0.15, 0.2) is 5.15 Å². The Morgan fingerprint density at radius 2 is 2.35 bits per heavy atom. The molecule has 1 aliphatic carbocycles. The summed E-state index contributed by atoms with van der Waals surface area (Å²) in [5, 5.41) is 4.50. The Morgan fingerprint density at radius 1 is 1.55 bits per heavy atom. The van der Waals surface area contributed by atoms with Crippen LogP contribution in [-0.4, -0.2) is 46.4 Å². The monoisotopic (exact) mass is 297 g/mol. The zero-order valence-corrected chi connectivity index (χ0v) is 12.5. The quantitative estimate of drug-likeness (QED) is 0.852. The average Bonchev–Trinajstić information content (AvgIpc) is 2.66. The molecule has 0 aromatic carbocycles. The van der Waals surface area contributed by atoms with E-state index >= 15 is 0 Å². The van der Waals surface area contributed by atoms with E-state index in [2.05, 4.69) is 5.10 Å². The van der Waals surface area contributed by atoms with Crippen LogP contribution in [0.1, 0.15) is 24.8 Å². The second kappa shape index (κ2) is 5.74. The Kier molecular flexibility index (Phi) is 3.98. The van der Waals surface area contributed by atoms with Crippen LogP contribution in [0.3, 0.4) is 0 Å². The highest BCUT2D eigenvalue weighted by Gasteiger charge is 2.36. The van der Waals surface area contributed by atoms with E-state index in [1.807, 2.05) is 18.1 Å². The van der Waals surface area contributed by atoms with Gasteiger partial charge in [-0.1, -0.05) is 18.0 Å². The minimum absolute atomic E-state index is 0.139. The third-order valence-corrected chi connectivity index (χ3v) is 4.69. The fourth-order valence-corrected chi connectivity index (χ4v) is 3.28. The van der Waals surface area contributed by atoms with Gasteiger partial charge in [-0.25, -0.2) is 0 Å². The number of halogens is 1. The van der Waals surface area contributed by atoms with Gasteiger partial charge in [0.2, 0.25) is 5.91 Å². The Bertz CT molecular complexity index is 499. The largest absolute Gasteiger partial charge is 0.377 e. The van der Waals surface area contributed by atoms with Crippen molar-refractivity contribution in [1.82, 2.24) is 14.7 Å². The number of carbonyl (C=O) groups excluding carboxylic acids is 1. The van der Waals surface area contributed by atoms with Crippen LogP contribution in [0.4, 0.5) is 0 Å². The molecule has 6 heteroatoms. The number of hydrogen-bond acceptors (Lipinski definition) is 3. The van der Waals surface area contributed by atoms with Gasteiger partial charge in [-0.3, -0.25) is 9.48 Å².